The average Bonchev–Trinajstić information content (AvgIpc) is 3.04. The third-order valence-corrected chi connectivity index (χ3v) is 6.02. The number of carbonyl (C=O) groups excluding carboxylic acids is 3. The van der Waals surface area contributed by atoms with Gasteiger partial charge in [-0.15, -0.1) is 0 Å². The van der Waals surface area contributed by atoms with Crippen molar-refractivity contribution in [2.45, 2.75) is 27.2 Å². The van der Waals surface area contributed by atoms with Crippen LogP contribution in [0.15, 0.2) is 77.5 Å². The van der Waals surface area contributed by atoms with Crippen molar-refractivity contribution in [3.05, 3.63) is 99.7 Å². The molecule has 3 aromatic rings. The van der Waals surface area contributed by atoms with Crippen molar-refractivity contribution in [1.29, 1.82) is 0 Å². The van der Waals surface area contributed by atoms with Crippen molar-refractivity contribution in [3.8, 4) is 0 Å². The van der Waals surface area contributed by atoms with Gasteiger partial charge in [-0.1, -0.05) is 54.9 Å². The SMILES string of the molecule is CCc1ccccc1NC(=O)c1cccc(NC2=C(Cl)C(=O)N(c3cc(C)ccc3C)C2=O)c1. The summed E-state index contributed by atoms with van der Waals surface area (Å²) in [6.45, 7) is 5.74. The number of benzene rings is 3. The molecule has 3 aromatic carbocycles. The van der Waals surface area contributed by atoms with Crippen molar-refractivity contribution in [2.24, 2.45) is 0 Å². The molecule has 0 aliphatic carbocycles. The van der Waals surface area contributed by atoms with Gasteiger partial charge in [0.1, 0.15) is 10.7 Å². The summed E-state index contributed by atoms with van der Waals surface area (Å²) in [5, 5.41) is 5.67. The number of hydrogen-bond donors (Lipinski definition) is 2. The monoisotopic (exact) mass is 473 g/mol. The summed E-state index contributed by atoms with van der Waals surface area (Å²) >= 11 is 6.28. The summed E-state index contributed by atoms with van der Waals surface area (Å²) in [6.07, 6.45) is 0.789. The number of rotatable bonds is 6. The van der Waals surface area contributed by atoms with Crippen molar-refractivity contribution < 1.29 is 14.4 Å². The van der Waals surface area contributed by atoms with E-state index in [1.165, 1.54) is 0 Å². The van der Waals surface area contributed by atoms with E-state index in [0.717, 1.165) is 33.7 Å². The zero-order valence-electron chi connectivity index (χ0n) is 19.1. The minimum absolute atomic E-state index is 0.0264. The third-order valence-electron chi connectivity index (χ3n) is 5.67. The molecule has 0 saturated heterocycles. The predicted octanol–water partition coefficient (Wildman–Crippen LogP) is 5.55. The first-order valence-electron chi connectivity index (χ1n) is 10.9. The Balaban J connectivity index is 1.57. The lowest BCUT2D eigenvalue weighted by Gasteiger charge is -2.18. The number of carbonyl (C=O) groups is 3. The minimum atomic E-state index is -0.590. The molecule has 1 aliphatic rings. The summed E-state index contributed by atoms with van der Waals surface area (Å²) in [4.78, 5) is 39.9. The molecule has 34 heavy (non-hydrogen) atoms. The van der Waals surface area contributed by atoms with E-state index in [1.807, 2.05) is 57.2 Å². The zero-order valence-corrected chi connectivity index (χ0v) is 19.9. The molecule has 3 amide bonds. The third kappa shape index (κ3) is 4.45. The van der Waals surface area contributed by atoms with Crippen LogP contribution in [-0.4, -0.2) is 17.7 Å². The molecule has 0 bridgehead atoms. The molecule has 7 heteroatoms. The van der Waals surface area contributed by atoms with Crippen LogP contribution in [0.1, 0.15) is 34.0 Å². The van der Waals surface area contributed by atoms with Crippen molar-refractivity contribution in [3.63, 3.8) is 0 Å². The lowest BCUT2D eigenvalue weighted by Crippen LogP contribution is -2.33. The maximum absolute atomic E-state index is 13.1. The molecule has 172 valence electrons. The number of hydrogen-bond acceptors (Lipinski definition) is 4. The number of para-hydroxylation sites is 1. The van der Waals surface area contributed by atoms with Crippen LogP contribution in [-0.2, 0) is 16.0 Å². The summed E-state index contributed by atoms with van der Waals surface area (Å²) in [5.41, 5.74) is 4.81. The van der Waals surface area contributed by atoms with Gasteiger partial charge in [0, 0.05) is 16.9 Å². The lowest BCUT2D eigenvalue weighted by atomic mass is 10.1. The molecular formula is C27H24ClN3O3. The molecular weight excluding hydrogens is 450 g/mol. The molecule has 2 N–H and O–H groups in total. The number of anilines is 3. The van der Waals surface area contributed by atoms with E-state index in [2.05, 4.69) is 10.6 Å². The topological polar surface area (TPSA) is 78.5 Å². The van der Waals surface area contributed by atoms with E-state index in [0.29, 0.717) is 16.9 Å². The Morgan fingerprint density at radius 3 is 2.47 bits per heavy atom. The van der Waals surface area contributed by atoms with Gasteiger partial charge in [-0.2, -0.15) is 0 Å². The fourth-order valence-corrected chi connectivity index (χ4v) is 4.03. The van der Waals surface area contributed by atoms with Gasteiger partial charge in [0.25, 0.3) is 17.7 Å². The van der Waals surface area contributed by atoms with E-state index in [9.17, 15) is 14.4 Å². The fraction of sp³-hybridized carbons (Fsp3) is 0.148. The van der Waals surface area contributed by atoms with E-state index < -0.39 is 11.8 Å². The van der Waals surface area contributed by atoms with Gasteiger partial charge in [-0.25, -0.2) is 4.90 Å². The van der Waals surface area contributed by atoms with Crippen LogP contribution in [0, 0.1) is 13.8 Å². The highest BCUT2D eigenvalue weighted by Crippen LogP contribution is 2.32. The number of halogens is 1. The molecule has 0 saturated carbocycles. The summed E-state index contributed by atoms with van der Waals surface area (Å²) in [5.74, 6) is -1.42. The minimum Gasteiger partial charge on any atom is -0.350 e. The van der Waals surface area contributed by atoms with Gasteiger partial charge in [0.2, 0.25) is 0 Å². The summed E-state index contributed by atoms with van der Waals surface area (Å²) < 4.78 is 0. The summed E-state index contributed by atoms with van der Waals surface area (Å²) in [6, 6.07) is 19.8. The number of nitrogens with zero attached hydrogens (tertiary/aromatic N) is 1. The van der Waals surface area contributed by atoms with Crippen molar-refractivity contribution >= 4 is 46.4 Å². The standard InChI is InChI=1S/C27H24ClN3O3/c1-4-18-8-5-6-11-21(18)30-25(32)19-9-7-10-20(15-19)29-24-23(28)26(33)31(27(24)34)22-14-16(2)12-13-17(22)3/h5-15,29H,4H2,1-3H3,(H,30,32). The second-order valence-corrected chi connectivity index (χ2v) is 8.47. The van der Waals surface area contributed by atoms with Gasteiger partial charge in [-0.05, 0) is 67.3 Å². The Bertz CT molecular complexity index is 1350. The Kier molecular flexibility index (Phi) is 6.52. The maximum atomic E-state index is 13.1. The lowest BCUT2D eigenvalue weighted by molar-refractivity contribution is -0.120. The quantitative estimate of drug-likeness (QED) is 0.460. The van der Waals surface area contributed by atoms with Gasteiger partial charge in [0.05, 0.1) is 5.69 Å². The fourth-order valence-electron chi connectivity index (χ4n) is 3.82. The van der Waals surface area contributed by atoms with Crippen LogP contribution < -0.4 is 15.5 Å². The van der Waals surface area contributed by atoms with Crippen LogP contribution in [0.2, 0.25) is 0 Å². The normalized spacial score (nSPS) is 13.5. The highest BCUT2D eigenvalue weighted by atomic mass is 35.5. The van der Waals surface area contributed by atoms with Gasteiger partial charge >= 0.3 is 0 Å². The van der Waals surface area contributed by atoms with Crippen LogP contribution in [0.25, 0.3) is 0 Å². The number of aryl methyl sites for hydroxylation is 3. The first kappa shape index (κ1) is 23.3. The second kappa shape index (κ2) is 9.53. The van der Waals surface area contributed by atoms with E-state index in [1.54, 1.807) is 30.3 Å². The number of amides is 3. The number of imide groups is 1. The Labute approximate surface area is 203 Å². The second-order valence-electron chi connectivity index (χ2n) is 8.10. The Hall–Kier alpha value is -3.90. The van der Waals surface area contributed by atoms with E-state index in [-0.39, 0.29) is 16.6 Å². The molecule has 0 atom stereocenters. The van der Waals surface area contributed by atoms with Crippen molar-refractivity contribution in [2.75, 3.05) is 15.5 Å². The highest BCUT2D eigenvalue weighted by Gasteiger charge is 2.39. The van der Waals surface area contributed by atoms with Crippen LogP contribution in [0.3, 0.4) is 0 Å². The molecule has 0 radical (unpaired) electrons. The highest BCUT2D eigenvalue weighted by molar-refractivity contribution is 6.53. The Morgan fingerprint density at radius 2 is 1.71 bits per heavy atom. The first-order chi connectivity index (χ1) is 16.3. The van der Waals surface area contributed by atoms with Crippen molar-refractivity contribution in [1.82, 2.24) is 0 Å². The van der Waals surface area contributed by atoms with Crippen LogP contribution >= 0.6 is 11.6 Å². The molecule has 0 spiro atoms. The van der Waals surface area contributed by atoms with Gasteiger partial charge in [0.15, 0.2) is 0 Å². The Morgan fingerprint density at radius 1 is 0.941 bits per heavy atom. The molecule has 6 nitrogen and oxygen atoms in total. The average molecular weight is 474 g/mol. The van der Waals surface area contributed by atoms with Crippen LogP contribution in [0.4, 0.5) is 17.1 Å². The molecule has 0 fully saturated rings. The largest absolute Gasteiger partial charge is 0.350 e. The smallest absolute Gasteiger partial charge is 0.283 e. The van der Waals surface area contributed by atoms with Gasteiger partial charge in [-0.3, -0.25) is 14.4 Å². The maximum Gasteiger partial charge on any atom is 0.283 e. The zero-order chi connectivity index (χ0) is 24.4. The van der Waals surface area contributed by atoms with E-state index in [4.69, 9.17) is 11.6 Å². The van der Waals surface area contributed by atoms with Gasteiger partial charge < -0.3 is 10.6 Å². The molecule has 1 heterocycles. The molecule has 4 rings (SSSR count). The molecule has 0 aromatic heterocycles. The predicted molar refractivity (Wildman–Crippen MR) is 135 cm³/mol. The first-order valence-corrected chi connectivity index (χ1v) is 11.3. The number of nitrogens with one attached hydrogen (secondary N) is 2. The molecule has 0 unspecified atom stereocenters. The van der Waals surface area contributed by atoms with Crippen LogP contribution in [0.5, 0.6) is 0 Å². The van der Waals surface area contributed by atoms with E-state index >= 15 is 0 Å². The molecule has 1 aliphatic heterocycles. The summed E-state index contributed by atoms with van der Waals surface area (Å²) in [7, 11) is 0.